The van der Waals surface area contributed by atoms with E-state index in [9.17, 15) is 4.79 Å². The third-order valence-corrected chi connectivity index (χ3v) is 5.35. The Morgan fingerprint density at radius 2 is 2.05 bits per heavy atom. The molecule has 0 aromatic heterocycles. The zero-order valence-corrected chi connectivity index (χ0v) is 12.6. The molecule has 2 unspecified atom stereocenters. The molecule has 0 bridgehead atoms. The van der Waals surface area contributed by atoms with Crippen LogP contribution in [0, 0.1) is 11.3 Å². The normalized spacial score (nSPS) is 30.8. The molecule has 1 aliphatic heterocycles. The summed E-state index contributed by atoms with van der Waals surface area (Å²) in [5.41, 5.74) is -0.152. The first-order valence-corrected chi connectivity index (χ1v) is 8.19. The van der Waals surface area contributed by atoms with Crippen molar-refractivity contribution in [3.8, 4) is 0 Å². The molecular formula is C16H30N2O. The van der Waals surface area contributed by atoms with Gasteiger partial charge in [-0.1, -0.05) is 26.2 Å². The Labute approximate surface area is 117 Å². The van der Waals surface area contributed by atoms with Gasteiger partial charge in [0.25, 0.3) is 0 Å². The minimum absolute atomic E-state index is 0.152. The van der Waals surface area contributed by atoms with E-state index in [1.54, 1.807) is 0 Å². The first-order valence-electron chi connectivity index (χ1n) is 8.19. The molecule has 1 saturated heterocycles. The van der Waals surface area contributed by atoms with Gasteiger partial charge >= 0.3 is 0 Å². The first-order chi connectivity index (χ1) is 9.18. The fourth-order valence-electron chi connectivity index (χ4n) is 3.74. The van der Waals surface area contributed by atoms with Crippen LogP contribution in [0.2, 0.25) is 0 Å². The number of hydrogen-bond acceptors (Lipinski definition) is 2. The van der Waals surface area contributed by atoms with Crippen LogP contribution in [0.5, 0.6) is 0 Å². The topological polar surface area (TPSA) is 41.1 Å². The Morgan fingerprint density at radius 1 is 1.32 bits per heavy atom. The maximum Gasteiger partial charge on any atom is 0.227 e. The van der Waals surface area contributed by atoms with E-state index in [1.807, 2.05) is 0 Å². The van der Waals surface area contributed by atoms with E-state index in [1.165, 1.54) is 32.1 Å². The van der Waals surface area contributed by atoms with Crippen molar-refractivity contribution < 1.29 is 4.79 Å². The van der Waals surface area contributed by atoms with E-state index in [0.29, 0.717) is 17.9 Å². The Hall–Kier alpha value is -0.570. The van der Waals surface area contributed by atoms with Gasteiger partial charge in [-0.05, 0) is 51.5 Å². The average molecular weight is 266 g/mol. The Balaban J connectivity index is 1.90. The predicted octanol–water partition coefficient (Wildman–Crippen LogP) is 2.85. The maximum atomic E-state index is 12.7. The van der Waals surface area contributed by atoms with Gasteiger partial charge in [-0.2, -0.15) is 0 Å². The zero-order valence-electron chi connectivity index (χ0n) is 12.6. The summed E-state index contributed by atoms with van der Waals surface area (Å²) >= 11 is 0. The molecule has 19 heavy (non-hydrogen) atoms. The summed E-state index contributed by atoms with van der Waals surface area (Å²) in [4.78, 5) is 12.7. The van der Waals surface area contributed by atoms with Gasteiger partial charge in [-0.3, -0.25) is 4.79 Å². The second-order valence-corrected chi connectivity index (χ2v) is 6.57. The monoisotopic (exact) mass is 266 g/mol. The molecule has 1 aliphatic carbocycles. The molecule has 0 aromatic carbocycles. The number of nitrogens with one attached hydrogen (secondary N) is 2. The Morgan fingerprint density at radius 3 is 2.63 bits per heavy atom. The molecule has 2 aliphatic rings. The first kappa shape index (κ1) is 14.8. The highest BCUT2D eigenvalue weighted by Crippen LogP contribution is 2.32. The molecule has 1 amide bonds. The smallest absolute Gasteiger partial charge is 0.227 e. The van der Waals surface area contributed by atoms with E-state index in [4.69, 9.17) is 0 Å². The number of rotatable bonds is 4. The lowest BCUT2D eigenvalue weighted by molar-refractivity contribution is -0.133. The van der Waals surface area contributed by atoms with Crippen molar-refractivity contribution in [2.45, 2.75) is 71.3 Å². The van der Waals surface area contributed by atoms with Crippen LogP contribution < -0.4 is 10.6 Å². The van der Waals surface area contributed by atoms with Crippen molar-refractivity contribution in [3.05, 3.63) is 0 Å². The standard InChI is InChI=1S/C16H30N2O/c1-3-16(10-7-11-17-12-16)15(19)18-13(2)14-8-5-4-6-9-14/h13-14,17H,3-12H2,1-2H3,(H,18,19). The van der Waals surface area contributed by atoms with Crippen LogP contribution in [0.1, 0.15) is 65.2 Å². The SMILES string of the molecule is CCC1(C(=O)NC(C)C2CCCCC2)CCCNC1. The van der Waals surface area contributed by atoms with Gasteiger partial charge in [0, 0.05) is 12.6 Å². The van der Waals surface area contributed by atoms with Gasteiger partial charge in [0.2, 0.25) is 5.91 Å². The minimum atomic E-state index is -0.152. The Kier molecular flexibility index (Phi) is 5.26. The van der Waals surface area contributed by atoms with Gasteiger partial charge in [-0.15, -0.1) is 0 Å². The predicted molar refractivity (Wildman–Crippen MR) is 79.0 cm³/mol. The van der Waals surface area contributed by atoms with E-state index < -0.39 is 0 Å². The summed E-state index contributed by atoms with van der Waals surface area (Å²) in [5, 5.41) is 6.73. The van der Waals surface area contributed by atoms with Gasteiger partial charge in [0.1, 0.15) is 0 Å². The molecular weight excluding hydrogens is 236 g/mol. The molecule has 0 aromatic rings. The highest BCUT2D eigenvalue weighted by Gasteiger charge is 2.38. The lowest BCUT2D eigenvalue weighted by Gasteiger charge is -2.38. The Bertz CT molecular complexity index is 291. The largest absolute Gasteiger partial charge is 0.353 e. The van der Waals surface area contributed by atoms with E-state index in [2.05, 4.69) is 24.5 Å². The molecule has 110 valence electrons. The number of hydrogen-bond donors (Lipinski definition) is 2. The molecule has 2 rings (SSSR count). The van der Waals surface area contributed by atoms with Crippen molar-refractivity contribution in [1.29, 1.82) is 0 Å². The van der Waals surface area contributed by atoms with Crippen molar-refractivity contribution in [3.63, 3.8) is 0 Å². The number of carbonyl (C=O) groups is 1. The van der Waals surface area contributed by atoms with Crippen LogP contribution >= 0.6 is 0 Å². The lowest BCUT2D eigenvalue weighted by Crippen LogP contribution is -2.53. The van der Waals surface area contributed by atoms with Crippen molar-refractivity contribution >= 4 is 5.91 Å². The molecule has 0 spiro atoms. The summed E-state index contributed by atoms with van der Waals surface area (Å²) in [6, 6.07) is 0.346. The molecule has 3 heteroatoms. The lowest BCUT2D eigenvalue weighted by atomic mass is 9.76. The molecule has 0 radical (unpaired) electrons. The van der Waals surface area contributed by atoms with Crippen molar-refractivity contribution in [2.24, 2.45) is 11.3 Å². The highest BCUT2D eigenvalue weighted by molar-refractivity contribution is 5.83. The molecule has 2 fully saturated rings. The molecule has 3 nitrogen and oxygen atoms in total. The number of carbonyl (C=O) groups excluding carboxylic acids is 1. The van der Waals surface area contributed by atoms with Gasteiger partial charge < -0.3 is 10.6 Å². The summed E-state index contributed by atoms with van der Waals surface area (Å²) in [6.07, 6.45) is 9.75. The summed E-state index contributed by atoms with van der Waals surface area (Å²) in [5.74, 6) is 0.989. The summed E-state index contributed by atoms with van der Waals surface area (Å²) in [7, 11) is 0. The molecule has 1 heterocycles. The second kappa shape index (κ2) is 6.74. The fraction of sp³-hybridized carbons (Fsp3) is 0.938. The third kappa shape index (κ3) is 3.50. The average Bonchev–Trinajstić information content (AvgIpc) is 2.48. The van der Waals surface area contributed by atoms with Crippen LogP contribution in [-0.4, -0.2) is 25.0 Å². The molecule has 1 saturated carbocycles. The van der Waals surface area contributed by atoms with Gasteiger partial charge in [-0.25, -0.2) is 0 Å². The zero-order chi connectivity index (χ0) is 13.7. The van der Waals surface area contributed by atoms with E-state index in [-0.39, 0.29) is 5.41 Å². The fourth-order valence-corrected chi connectivity index (χ4v) is 3.74. The van der Waals surface area contributed by atoms with E-state index >= 15 is 0 Å². The number of piperidine rings is 1. The highest BCUT2D eigenvalue weighted by atomic mass is 16.2. The number of amides is 1. The van der Waals surface area contributed by atoms with Crippen LogP contribution in [0.25, 0.3) is 0 Å². The van der Waals surface area contributed by atoms with Crippen LogP contribution in [0.15, 0.2) is 0 Å². The molecule has 2 atom stereocenters. The maximum absolute atomic E-state index is 12.7. The van der Waals surface area contributed by atoms with Crippen LogP contribution in [-0.2, 0) is 4.79 Å². The summed E-state index contributed by atoms with van der Waals surface area (Å²) < 4.78 is 0. The summed E-state index contributed by atoms with van der Waals surface area (Å²) in [6.45, 7) is 6.27. The van der Waals surface area contributed by atoms with Crippen LogP contribution in [0.4, 0.5) is 0 Å². The van der Waals surface area contributed by atoms with E-state index in [0.717, 1.165) is 32.4 Å². The quantitative estimate of drug-likeness (QED) is 0.821. The minimum Gasteiger partial charge on any atom is -0.353 e. The van der Waals surface area contributed by atoms with Crippen molar-refractivity contribution in [1.82, 2.24) is 10.6 Å². The van der Waals surface area contributed by atoms with Gasteiger partial charge in [0.05, 0.1) is 5.41 Å². The van der Waals surface area contributed by atoms with Crippen molar-refractivity contribution in [2.75, 3.05) is 13.1 Å². The third-order valence-electron chi connectivity index (χ3n) is 5.35. The second-order valence-electron chi connectivity index (χ2n) is 6.57. The van der Waals surface area contributed by atoms with Crippen LogP contribution in [0.3, 0.4) is 0 Å². The molecule has 2 N–H and O–H groups in total. The van der Waals surface area contributed by atoms with Gasteiger partial charge in [0.15, 0.2) is 0 Å².